The average molecular weight is 245 g/mol. The van der Waals surface area contributed by atoms with Crippen molar-refractivity contribution < 1.29 is 4.79 Å². The van der Waals surface area contributed by atoms with E-state index < -0.39 is 0 Å². The Bertz CT molecular complexity index is 446. The van der Waals surface area contributed by atoms with Crippen LogP contribution in [0.5, 0.6) is 0 Å². The molecule has 0 aliphatic heterocycles. The SMILES string of the molecule is CC(=Cc1cccc(C)c1)C(=O)C(C)CN(C)C. The van der Waals surface area contributed by atoms with Crippen molar-refractivity contribution in [1.29, 1.82) is 0 Å². The average Bonchev–Trinajstić information content (AvgIpc) is 2.27. The topological polar surface area (TPSA) is 20.3 Å². The zero-order valence-electron chi connectivity index (χ0n) is 12.0. The fourth-order valence-corrected chi connectivity index (χ4v) is 2.10. The van der Waals surface area contributed by atoms with Gasteiger partial charge < -0.3 is 4.90 Å². The number of hydrogen-bond donors (Lipinski definition) is 0. The molecule has 0 aliphatic carbocycles. The summed E-state index contributed by atoms with van der Waals surface area (Å²) in [5.74, 6) is 0.270. The van der Waals surface area contributed by atoms with Crippen molar-refractivity contribution in [2.24, 2.45) is 5.92 Å². The smallest absolute Gasteiger partial charge is 0.162 e. The maximum atomic E-state index is 12.2. The van der Waals surface area contributed by atoms with E-state index in [4.69, 9.17) is 0 Å². The Balaban J connectivity index is 2.80. The third-order valence-electron chi connectivity index (χ3n) is 2.90. The van der Waals surface area contributed by atoms with Crippen molar-refractivity contribution in [2.75, 3.05) is 20.6 Å². The number of hydrogen-bond acceptors (Lipinski definition) is 2. The summed E-state index contributed by atoms with van der Waals surface area (Å²) in [6.07, 6.45) is 1.97. The van der Waals surface area contributed by atoms with E-state index >= 15 is 0 Å². The van der Waals surface area contributed by atoms with Gasteiger partial charge in [0, 0.05) is 12.5 Å². The van der Waals surface area contributed by atoms with Crippen LogP contribution in [0.15, 0.2) is 29.8 Å². The second-order valence-electron chi connectivity index (χ2n) is 5.27. The zero-order chi connectivity index (χ0) is 13.7. The largest absolute Gasteiger partial charge is 0.309 e. The standard InChI is InChI=1S/C16H23NO/c1-12-7-6-8-15(9-12)10-13(2)16(18)14(3)11-17(4)5/h6-10,14H,11H2,1-5H3. The first-order chi connectivity index (χ1) is 8.40. The Morgan fingerprint density at radius 1 is 1.39 bits per heavy atom. The number of benzene rings is 1. The zero-order valence-corrected chi connectivity index (χ0v) is 12.0. The van der Waals surface area contributed by atoms with Crippen LogP contribution in [0.2, 0.25) is 0 Å². The molecule has 0 spiro atoms. The molecule has 1 unspecified atom stereocenters. The minimum atomic E-state index is 0.0426. The van der Waals surface area contributed by atoms with Gasteiger partial charge in [-0.2, -0.15) is 0 Å². The minimum Gasteiger partial charge on any atom is -0.309 e. The number of carbonyl (C=O) groups is 1. The van der Waals surface area contributed by atoms with E-state index in [-0.39, 0.29) is 11.7 Å². The van der Waals surface area contributed by atoms with E-state index in [1.165, 1.54) is 5.56 Å². The summed E-state index contributed by atoms with van der Waals surface area (Å²) < 4.78 is 0. The number of carbonyl (C=O) groups excluding carboxylic acids is 1. The van der Waals surface area contributed by atoms with E-state index in [1.54, 1.807) is 0 Å². The fraction of sp³-hybridized carbons (Fsp3) is 0.438. The highest BCUT2D eigenvalue weighted by Crippen LogP contribution is 2.13. The molecule has 0 bridgehead atoms. The lowest BCUT2D eigenvalue weighted by atomic mass is 9.98. The molecule has 0 fully saturated rings. The predicted octanol–water partition coefficient (Wildman–Crippen LogP) is 3.17. The van der Waals surface area contributed by atoms with Gasteiger partial charge in [0.05, 0.1) is 0 Å². The molecule has 1 atom stereocenters. The maximum absolute atomic E-state index is 12.2. The number of nitrogens with zero attached hydrogens (tertiary/aromatic N) is 1. The van der Waals surface area contributed by atoms with Crippen LogP contribution in [0, 0.1) is 12.8 Å². The number of rotatable bonds is 5. The summed E-state index contributed by atoms with van der Waals surface area (Å²) in [6.45, 7) is 6.73. The van der Waals surface area contributed by atoms with Crippen LogP contribution in [0.25, 0.3) is 6.08 Å². The Morgan fingerprint density at radius 2 is 2.06 bits per heavy atom. The Morgan fingerprint density at radius 3 is 2.61 bits per heavy atom. The lowest BCUT2D eigenvalue weighted by molar-refractivity contribution is -0.119. The molecule has 0 aliphatic rings. The molecule has 0 N–H and O–H groups in total. The first kappa shape index (κ1) is 14.7. The van der Waals surface area contributed by atoms with E-state index in [0.717, 1.165) is 17.7 Å². The second-order valence-corrected chi connectivity index (χ2v) is 5.27. The van der Waals surface area contributed by atoms with Gasteiger partial charge in [0.2, 0.25) is 0 Å². The van der Waals surface area contributed by atoms with Crippen molar-refractivity contribution in [2.45, 2.75) is 20.8 Å². The van der Waals surface area contributed by atoms with Crippen molar-refractivity contribution in [3.05, 3.63) is 41.0 Å². The highest BCUT2D eigenvalue weighted by Gasteiger charge is 2.15. The number of ketones is 1. The van der Waals surface area contributed by atoms with E-state index in [1.807, 2.05) is 51.1 Å². The molecular formula is C16H23NO. The van der Waals surface area contributed by atoms with E-state index in [9.17, 15) is 4.79 Å². The predicted molar refractivity (Wildman–Crippen MR) is 77.6 cm³/mol. The molecule has 2 heteroatoms. The fourth-order valence-electron chi connectivity index (χ4n) is 2.10. The molecule has 0 aromatic heterocycles. The molecular weight excluding hydrogens is 222 g/mol. The van der Waals surface area contributed by atoms with Gasteiger partial charge in [-0.15, -0.1) is 0 Å². The van der Waals surface area contributed by atoms with Gasteiger partial charge in [-0.05, 0) is 45.2 Å². The molecule has 1 aromatic carbocycles. The van der Waals surface area contributed by atoms with Gasteiger partial charge in [-0.3, -0.25) is 4.79 Å². The van der Waals surface area contributed by atoms with Gasteiger partial charge >= 0.3 is 0 Å². The van der Waals surface area contributed by atoms with Crippen molar-refractivity contribution in [3.63, 3.8) is 0 Å². The molecule has 0 amide bonds. The molecule has 0 heterocycles. The van der Waals surface area contributed by atoms with Gasteiger partial charge in [0.1, 0.15) is 0 Å². The minimum absolute atomic E-state index is 0.0426. The van der Waals surface area contributed by atoms with Crippen LogP contribution in [-0.4, -0.2) is 31.3 Å². The summed E-state index contributed by atoms with van der Waals surface area (Å²) in [7, 11) is 3.98. The van der Waals surface area contributed by atoms with Crippen LogP contribution in [-0.2, 0) is 4.79 Å². The molecule has 0 radical (unpaired) electrons. The number of Topliss-reactive ketones (excluding diaryl/α,β-unsaturated/α-hetero) is 1. The van der Waals surface area contributed by atoms with Crippen molar-refractivity contribution >= 4 is 11.9 Å². The molecule has 1 rings (SSSR count). The molecule has 0 saturated carbocycles. The van der Waals surface area contributed by atoms with E-state index in [2.05, 4.69) is 19.1 Å². The molecule has 1 aromatic rings. The normalized spacial score (nSPS) is 13.8. The molecule has 2 nitrogen and oxygen atoms in total. The monoisotopic (exact) mass is 245 g/mol. The highest BCUT2D eigenvalue weighted by molar-refractivity contribution is 6.00. The van der Waals surface area contributed by atoms with Crippen LogP contribution in [0.3, 0.4) is 0 Å². The second kappa shape index (κ2) is 6.50. The number of aryl methyl sites for hydroxylation is 1. The van der Waals surface area contributed by atoms with Gasteiger partial charge in [-0.1, -0.05) is 36.8 Å². The quantitative estimate of drug-likeness (QED) is 0.743. The highest BCUT2D eigenvalue weighted by atomic mass is 16.1. The summed E-state index contributed by atoms with van der Waals surface area (Å²) >= 11 is 0. The lowest BCUT2D eigenvalue weighted by Crippen LogP contribution is -2.26. The summed E-state index contributed by atoms with van der Waals surface area (Å²) in [5.41, 5.74) is 3.14. The molecule has 18 heavy (non-hydrogen) atoms. The lowest BCUT2D eigenvalue weighted by Gasteiger charge is -2.16. The van der Waals surface area contributed by atoms with E-state index in [0.29, 0.717) is 0 Å². The van der Waals surface area contributed by atoms with Crippen LogP contribution in [0.4, 0.5) is 0 Å². The first-order valence-corrected chi connectivity index (χ1v) is 6.34. The van der Waals surface area contributed by atoms with Gasteiger partial charge in [0.15, 0.2) is 5.78 Å². The molecule has 0 saturated heterocycles. The third kappa shape index (κ3) is 4.46. The molecule has 98 valence electrons. The van der Waals surface area contributed by atoms with Gasteiger partial charge in [-0.25, -0.2) is 0 Å². The Kier molecular flexibility index (Phi) is 5.29. The number of allylic oxidation sites excluding steroid dienone is 1. The summed E-state index contributed by atoms with van der Waals surface area (Å²) in [5, 5.41) is 0. The Hall–Kier alpha value is -1.41. The Labute approximate surface area is 110 Å². The van der Waals surface area contributed by atoms with Crippen molar-refractivity contribution in [3.8, 4) is 0 Å². The summed E-state index contributed by atoms with van der Waals surface area (Å²) in [6, 6.07) is 8.19. The van der Waals surface area contributed by atoms with Gasteiger partial charge in [0.25, 0.3) is 0 Å². The first-order valence-electron chi connectivity index (χ1n) is 6.34. The summed E-state index contributed by atoms with van der Waals surface area (Å²) in [4.78, 5) is 14.2. The van der Waals surface area contributed by atoms with Crippen LogP contribution in [0.1, 0.15) is 25.0 Å². The van der Waals surface area contributed by atoms with Crippen LogP contribution < -0.4 is 0 Å². The van der Waals surface area contributed by atoms with Crippen molar-refractivity contribution in [1.82, 2.24) is 4.90 Å². The van der Waals surface area contributed by atoms with Crippen LogP contribution >= 0.6 is 0 Å². The third-order valence-corrected chi connectivity index (χ3v) is 2.90. The maximum Gasteiger partial charge on any atom is 0.162 e.